The van der Waals surface area contributed by atoms with Crippen molar-refractivity contribution in [3.63, 3.8) is 0 Å². The monoisotopic (exact) mass is 761 g/mol. The second-order valence-electron chi connectivity index (χ2n) is 14.6. The number of halogens is 3. The number of carbonyl (C=O) groups is 4. The van der Waals surface area contributed by atoms with Gasteiger partial charge in [-0.2, -0.15) is 0 Å². The molecule has 13 heteroatoms. The summed E-state index contributed by atoms with van der Waals surface area (Å²) < 4.78 is 24.9. The molecule has 0 spiro atoms. The SMILES string of the molecule is COc1cc(C2C3=CCC4C(=O)N(C5CCN(Cc6ccccc6)CC5)C(=O)C4C3CC3(Cl)C(=O)N(c4ccc(F)cc4)C(=O)C23Cl)cc(OC)c1O. The number of allylic oxidation sites excluding steroid dienone is 2. The van der Waals surface area contributed by atoms with Crippen LogP contribution in [0.15, 0.2) is 78.4 Å². The molecule has 4 fully saturated rings. The number of alkyl halides is 2. The van der Waals surface area contributed by atoms with Crippen LogP contribution in [0.5, 0.6) is 17.2 Å². The van der Waals surface area contributed by atoms with Crippen LogP contribution < -0.4 is 14.4 Å². The van der Waals surface area contributed by atoms with Gasteiger partial charge in [0.05, 0.1) is 31.7 Å². The predicted octanol–water partition coefficient (Wildman–Crippen LogP) is 5.78. The van der Waals surface area contributed by atoms with E-state index in [4.69, 9.17) is 32.7 Å². The molecule has 3 heterocycles. The minimum atomic E-state index is -2.14. The molecule has 5 aliphatic rings. The fourth-order valence-electron chi connectivity index (χ4n) is 9.41. The van der Waals surface area contributed by atoms with Gasteiger partial charge in [0.1, 0.15) is 5.82 Å². The van der Waals surface area contributed by atoms with Crippen LogP contribution >= 0.6 is 23.2 Å². The normalized spacial score (nSPS) is 30.2. The zero-order valence-electron chi connectivity index (χ0n) is 29.1. The van der Waals surface area contributed by atoms with Crippen molar-refractivity contribution in [2.75, 3.05) is 32.2 Å². The third-order valence-corrected chi connectivity index (χ3v) is 13.4. The number of hydrogen-bond donors (Lipinski definition) is 1. The summed E-state index contributed by atoms with van der Waals surface area (Å²) in [5.74, 6) is -6.35. The highest BCUT2D eigenvalue weighted by Crippen LogP contribution is 2.66. The van der Waals surface area contributed by atoms with E-state index in [2.05, 4.69) is 17.0 Å². The lowest BCUT2D eigenvalue weighted by Gasteiger charge is -2.50. The Bertz CT molecular complexity index is 2010. The number of rotatable bonds is 7. The van der Waals surface area contributed by atoms with Crippen LogP contribution in [0.4, 0.5) is 10.1 Å². The number of piperidine rings is 1. The van der Waals surface area contributed by atoms with Crippen molar-refractivity contribution in [1.29, 1.82) is 0 Å². The van der Waals surface area contributed by atoms with Crippen molar-refractivity contribution in [3.05, 3.63) is 95.3 Å². The third-order valence-electron chi connectivity index (χ3n) is 11.9. The summed E-state index contributed by atoms with van der Waals surface area (Å²) in [4.78, 5) is 58.4. The molecule has 53 heavy (non-hydrogen) atoms. The van der Waals surface area contributed by atoms with E-state index >= 15 is 0 Å². The molecule has 6 unspecified atom stereocenters. The highest BCUT2D eigenvalue weighted by Gasteiger charge is 2.76. The summed E-state index contributed by atoms with van der Waals surface area (Å²) in [6, 6.07) is 17.8. The van der Waals surface area contributed by atoms with Gasteiger partial charge in [0.2, 0.25) is 17.6 Å². The van der Waals surface area contributed by atoms with Crippen LogP contribution in [-0.4, -0.2) is 81.6 Å². The van der Waals surface area contributed by atoms with Crippen molar-refractivity contribution < 1.29 is 38.1 Å². The van der Waals surface area contributed by atoms with Crippen LogP contribution in [-0.2, 0) is 25.7 Å². The zero-order chi connectivity index (χ0) is 37.4. The molecule has 2 aliphatic carbocycles. The van der Waals surface area contributed by atoms with E-state index in [1.165, 1.54) is 48.9 Å². The summed E-state index contributed by atoms with van der Waals surface area (Å²) in [6.45, 7) is 2.23. The lowest BCUT2D eigenvalue weighted by Crippen LogP contribution is -2.60. The van der Waals surface area contributed by atoms with E-state index in [1.54, 1.807) is 0 Å². The van der Waals surface area contributed by atoms with Gasteiger partial charge in [-0.05, 0) is 79.1 Å². The number of methoxy groups -OCH3 is 2. The molecule has 0 aromatic heterocycles. The number of likely N-dealkylation sites (tertiary alicyclic amines) is 2. The smallest absolute Gasteiger partial charge is 0.258 e. The molecule has 0 radical (unpaired) electrons. The summed E-state index contributed by atoms with van der Waals surface area (Å²) >= 11 is 15.0. The number of fused-ring (bicyclic) bond motifs is 4. The number of nitrogens with zero attached hydrogens (tertiary/aromatic N) is 3. The van der Waals surface area contributed by atoms with Crippen LogP contribution in [0.25, 0.3) is 0 Å². The average Bonchev–Trinajstić information content (AvgIpc) is 3.50. The third kappa shape index (κ3) is 5.29. The Morgan fingerprint density at radius 3 is 2.13 bits per heavy atom. The van der Waals surface area contributed by atoms with Crippen LogP contribution in [0, 0.1) is 23.6 Å². The van der Waals surface area contributed by atoms with E-state index in [1.807, 2.05) is 24.3 Å². The number of benzene rings is 3. The maximum Gasteiger partial charge on any atom is 0.258 e. The van der Waals surface area contributed by atoms with Crippen molar-refractivity contribution >= 4 is 52.5 Å². The van der Waals surface area contributed by atoms with Gasteiger partial charge in [-0.3, -0.25) is 29.0 Å². The number of imide groups is 2. The Hall–Kier alpha value is -4.45. The quantitative estimate of drug-likeness (QED) is 0.183. The summed E-state index contributed by atoms with van der Waals surface area (Å²) in [5, 5.41) is 10.8. The molecule has 3 aromatic carbocycles. The molecular formula is C40H38Cl2FN3O7. The Balaban J connectivity index is 1.18. The average molecular weight is 763 g/mol. The van der Waals surface area contributed by atoms with Gasteiger partial charge in [-0.25, -0.2) is 9.29 Å². The second kappa shape index (κ2) is 13.1. The number of amides is 4. The molecule has 0 bridgehead atoms. The second-order valence-corrected chi connectivity index (χ2v) is 15.8. The largest absolute Gasteiger partial charge is 0.502 e. The molecule has 1 saturated carbocycles. The Morgan fingerprint density at radius 2 is 1.51 bits per heavy atom. The fourth-order valence-corrected chi connectivity index (χ4v) is 10.3. The zero-order valence-corrected chi connectivity index (χ0v) is 30.6. The first kappa shape index (κ1) is 35.6. The first-order chi connectivity index (χ1) is 25.4. The number of phenols is 1. The van der Waals surface area contributed by atoms with Gasteiger partial charge in [0.25, 0.3) is 11.8 Å². The lowest BCUT2D eigenvalue weighted by molar-refractivity contribution is -0.144. The standard InChI is InChI=1S/C40H38Cl2FN3O7/c1-52-30-18-23(19-31(53-2)34(30)47)33-27-12-13-28-32(36(49)45(35(28)48)26-14-16-44(17-15-26)21-22-6-4-3-5-7-22)29(27)20-39(41)37(50)46(38(51)40(33,39)42)25-10-8-24(43)9-11-25/h3-12,18-19,26,28-29,32-33,47H,13-17,20-21H2,1-2H3. The van der Waals surface area contributed by atoms with E-state index in [9.17, 15) is 28.7 Å². The van der Waals surface area contributed by atoms with Gasteiger partial charge >= 0.3 is 0 Å². The van der Waals surface area contributed by atoms with Crippen LogP contribution in [0.3, 0.4) is 0 Å². The van der Waals surface area contributed by atoms with Crippen molar-refractivity contribution in [1.82, 2.24) is 9.80 Å². The van der Waals surface area contributed by atoms with Gasteiger partial charge < -0.3 is 14.6 Å². The number of ether oxygens (including phenoxy) is 2. The van der Waals surface area contributed by atoms with Crippen molar-refractivity contribution in [2.24, 2.45) is 17.8 Å². The molecule has 3 aliphatic heterocycles. The Kier molecular flexibility index (Phi) is 8.82. The first-order valence-corrected chi connectivity index (χ1v) is 18.5. The van der Waals surface area contributed by atoms with E-state index < -0.39 is 51.1 Å². The molecular weight excluding hydrogens is 724 g/mol. The predicted molar refractivity (Wildman–Crippen MR) is 194 cm³/mol. The summed E-state index contributed by atoms with van der Waals surface area (Å²) in [6.07, 6.45) is 3.15. The molecule has 4 amide bonds. The highest BCUT2D eigenvalue weighted by molar-refractivity contribution is 6.58. The van der Waals surface area contributed by atoms with E-state index in [-0.39, 0.29) is 53.6 Å². The van der Waals surface area contributed by atoms with Gasteiger partial charge in [0, 0.05) is 31.6 Å². The molecule has 1 N–H and O–H groups in total. The Morgan fingerprint density at radius 1 is 0.868 bits per heavy atom. The van der Waals surface area contributed by atoms with Crippen molar-refractivity contribution in [3.8, 4) is 17.2 Å². The van der Waals surface area contributed by atoms with Gasteiger partial charge in [0.15, 0.2) is 21.2 Å². The minimum Gasteiger partial charge on any atom is -0.502 e. The topological polar surface area (TPSA) is 117 Å². The number of phenolic OH excluding ortho intramolecular Hbond substituents is 1. The number of carbonyl (C=O) groups excluding carboxylic acids is 4. The first-order valence-electron chi connectivity index (χ1n) is 17.7. The van der Waals surface area contributed by atoms with Gasteiger partial charge in [-0.1, -0.05) is 42.0 Å². The number of anilines is 1. The highest BCUT2D eigenvalue weighted by atomic mass is 35.5. The molecule has 10 nitrogen and oxygen atoms in total. The molecule has 8 rings (SSSR count). The molecule has 3 aromatic rings. The Labute approximate surface area is 316 Å². The van der Waals surface area contributed by atoms with Crippen LogP contribution in [0.2, 0.25) is 0 Å². The fraction of sp³-hybridized carbons (Fsp3) is 0.400. The number of hydrogen-bond acceptors (Lipinski definition) is 8. The van der Waals surface area contributed by atoms with Crippen molar-refractivity contribution in [2.45, 2.75) is 53.9 Å². The van der Waals surface area contributed by atoms with Gasteiger partial charge in [-0.15, -0.1) is 23.2 Å². The maximum atomic E-state index is 14.7. The summed E-state index contributed by atoms with van der Waals surface area (Å²) in [5.41, 5.74) is 2.23. The molecule has 3 saturated heterocycles. The van der Waals surface area contributed by atoms with E-state index in [0.717, 1.165) is 36.7 Å². The molecule has 6 atom stereocenters. The van der Waals surface area contributed by atoms with E-state index in [0.29, 0.717) is 24.0 Å². The maximum absolute atomic E-state index is 14.7. The molecule has 276 valence electrons. The minimum absolute atomic E-state index is 0.0280. The lowest BCUT2D eigenvalue weighted by atomic mass is 9.56. The van der Waals surface area contributed by atoms with Crippen LogP contribution in [0.1, 0.15) is 42.7 Å². The number of aromatic hydroxyl groups is 1. The summed E-state index contributed by atoms with van der Waals surface area (Å²) in [7, 11) is 2.72.